The summed E-state index contributed by atoms with van der Waals surface area (Å²) in [7, 11) is 0. The molecular weight excluding hydrogens is 292 g/mol. The predicted molar refractivity (Wildman–Crippen MR) is 90.0 cm³/mol. The van der Waals surface area contributed by atoms with Crippen molar-refractivity contribution in [3.05, 3.63) is 55.1 Å². The first kappa shape index (κ1) is 16.6. The van der Waals surface area contributed by atoms with E-state index in [0.29, 0.717) is 30.5 Å². The predicted octanol–water partition coefficient (Wildman–Crippen LogP) is 4.24. The number of carbonyl (C=O) groups is 1. The summed E-state index contributed by atoms with van der Waals surface area (Å²) < 4.78 is 16.8. The molecule has 0 saturated heterocycles. The monoisotopic (exact) mass is 312 g/mol. The molecule has 0 aliphatic heterocycles. The lowest BCUT2D eigenvalue weighted by molar-refractivity contribution is -0.129. The summed E-state index contributed by atoms with van der Waals surface area (Å²) in [5.41, 5.74) is 1.69. The van der Waals surface area contributed by atoms with Gasteiger partial charge in [-0.3, -0.25) is 0 Å². The van der Waals surface area contributed by atoms with Gasteiger partial charge in [0.1, 0.15) is 5.75 Å². The van der Waals surface area contributed by atoms with Crippen molar-refractivity contribution in [2.24, 2.45) is 0 Å². The average molecular weight is 312 g/mol. The third-order valence-electron chi connectivity index (χ3n) is 3.11. The minimum absolute atomic E-state index is 0.346. The second-order valence-electron chi connectivity index (χ2n) is 4.62. The minimum atomic E-state index is -0.533. The lowest BCUT2D eigenvalue weighted by atomic mass is 10.0. The van der Waals surface area contributed by atoms with Gasteiger partial charge in [-0.25, -0.2) is 4.79 Å². The quantitative estimate of drug-likeness (QED) is 0.436. The van der Waals surface area contributed by atoms with Crippen LogP contribution in [0, 0.1) is 0 Å². The lowest BCUT2D eigenvalue weighted by Crippen LogP contribution is -2.07. The largest absolute Gasteiger partial charge is 0.493 e. The van der Waals surface area contributed by atoms with Gasteiger partial charge in [0.15, 0.2) is 11.5 Å². The van der Waals surface area contributed by atoms with Crippen molar-refractivity contribution in [1.82, 2.24) is 0 Å². The Morgan fingerprint density at radius 2 is 1.65 bits per heavy atom. The van der Waals surface area contributed by atoms with Crippen molar-refractivity contribution in [1.29, 1.82) is 0 Å². The summed E-state index contributed by atoms with van der Waals surface area (Å²) >= 11 is 0. The fraction of sp³-hybridized carbons (Fsp3) is 0.211. The van der Waals surface area contributed by atoms with Crippen molar-refractivity contribution in [3.63, 3.8) is 0 Å². The topological polar surface area (TPSA) is 44.8 Å². The van der Waals surface area contributed by atoms with E-state index in [2.05, 4.69) is 6.58 Å². The van der Waals surface area contributed by atoms with Crippen LogP contribution in [0.15, 0.2) is 55.1 Å². The van der Waals surface area contributed by atoms with Crippen LogP contribution in [0.5, 0.6) is 17.2 Å². The first-order valence-corrected chi connectivity index (χ1v) is 7.53. The van der Waals surface area contributed by atoms with E-state index < -0.39 is 5.97 Å². The molecule has 0 radical (unpaired) electrons. The Morgan fingerprint density at radius 3 is 2.26 bits per heavy atom. The second-order valence-corrected chi connectivity index (χ2v) is 4.62. The highest BCUT2D eigenvalue weighted by Crippen LogP contribution is 2.44. The van der Waals surface area contributed by atoms with E-state index in [4.69, 9.17) is 14.2 Å². The van der Waals surface area contributed by atoms with Gasteiger partial charge in [-0.2, -0.15) is 0 Å². The van der Waals surface area contributed by atoms with Crippen LogP contribution < -0.4 is 14.2 Å². The molecule has 4 nitrogen and oxygen atoms in total. The summed E-state index contributed by atoms with van der Waals surface area (Å²) in [5.74, 6) is 0.980. The van der Waals surface area contributed by atoms with Crippen LogP contribution in [0.25, 0.3) is 11.1 Å². The summed E-state index contributed by atoms with van der Waals surface area (Å²) in [6.07, 6.45) is 1.12. The molecule has 0 atom stereocenters. The smallest absolute Gasteiger partial charge is 0.335 e. The number of rotatable bonds is 7. The maximum Gasteiger partial charge on any atom is 0.335 e. The van der Waals surface area contributed by atoms with E-state index in [0.717, 1.165) is 17.2 Å². The molecule has 2 aromatic carbocycles. The molecule has 2 aromatic rings. The van der Waals surface area contributed by atoms with Gasteiger partial charge in [0.25, 0.3) is 0 Å². The standard InChI is InChI=1S/C19H20O4/c1-4-17(20)23-16-13-12-15(21-5-2)18(19(16)22-6-3)14-10-8-7-9-11-14/h4,7-13H,1,5-6H2,2-3H3. The molecule has 0 aliphatic rings. The molecule has 23 heavy (non-hydrogen) atoms. The van der Waals surface area contributed by atoms with Crippen LogP contribution in [0.3, 0.4) is 0 Å². The molecule has 0 heterocycles. The summed E-state index contributed by atoms with van der Waals surface area (Å²) in [6, 6.07) is 13.2. The van der Waals surface area contributed by atoms with Crippen LogP contribution in [0.4, 0.5) is 0 Å². The molecule has 0 N–H and O–H groups in total. The Hall–Kier alpha value is -2.75. The number of hydrogen-bond donors (Lipinski definition) is 0. The Kier molecular flexibility index (Phi) is 5.80. The van der Waals surface area contributed by atoms with Gasteiger partial charge < -0.3 is 14.2 Å². The minimum Gasteiger partial charge on any atom is -0.493 e. The van der Waals surface area contributed by atoms with Gasteiger partial charge in [-0.1, -0.05) is 36.9 Å². The maximum absolute atomic E-state index is 11.6. The molecule has 0 aromatic heterocycles. The van der Waals surface area contributed by atoms with Gasteiger partial charge in [0.2, 0.25) is 0 Å². The SMILES string of the molecule is C=CC(=O)Oc1ccc(OCC)c(-c2ccccc2)c1OCC. The van der Waals surface area contributed by atoms with E-state index in [1.54, 1.807) is 12.1 Å². The summed E-state index contributed by atoms with van der Waals surface area (Å²) in [6.45, 7) is 8.18. The van der Waals surface area contributed by atoms with Gasteiger partial charge in [-0.15, -0.1) is 0 Å². The normalized spacial score (nSPS) is 10.0. The third-order valence-corrected chi connectivity index (χ3v) is 3.11. The third kappa shape index (κ3) is 3.92. The van der Waals surface area contributed by atoms with Gasteiger partial charge in [0.05, 0.1) is 18.8 Å². The fourth-order valence-electron chi connectivity index (χ4n) is 2.22. The van der Waals surface area contributed by atoms with Crippen LogP contribution in [0.1, 0.15) is 13.8 Å². The van der Waals surface area contributed by atoms with Crippen LogP contribution in [-0.2, 0) is 4.79 Å². The Bertz CT molecular complexity index is 677. The number of benzene rings is 2. The van der Waals surface area contributed by atoms with Crippen LogP contribution in [0.2, 0.25) is 0 Å². The molecule has 0 bridgehead atoms. The lowest BCUT2D eigenvalue weighted by Gasteiger charge is -2.18. The second kappa shape index (κ2) is 8.03. The number of hydrogen-bond acceptors (Lipinski definition) is 4. The molecule has 0 aliphatic carbocycles. The highest BCUT2D eigenvalue weighted by Gasteiger charge is 2.19. The molecule has 0 amide bonds. The van der Waals surface area contributed by atoms with Gasteiger partial charge in [0, 0.05) is 6.08 Å². The molecule has 0 spiro atoms. The number of ether oxygens (including phenoxy) is 3. The zero-order chi connectivity index (χ0) is 16.7. The van der Waals surface area contributed by atoms with E-state index in [9.17, 15) is 4.79 Å². The Morgan fingerprint density at radius 1 is 1.00 bits per heavy atom. The van der Waals surface area contributed by atoms with E-state index in [-0.39, 0.29) is 0 Å². The van der Waals surface area contributed by atoms with Crippen LogP contribution >= 0.6 is 0 Å². The van der Waals surface area contributed by atoms with E-state index >= 15 is 0 Å². The molecule has 0 unspecified atom stereocenters. The summed E-state index contributed by atoms with van der Waals surface area (Å²) in [4.78, 5) is 11.6. The molecule has 0 fully saturated rings. The molecule has 120 valence electrons. The highest BCUT2D eigenvalue weighted by molar-refractivity contribution is 5.86. The molecule has 4 heteroatoms. The van der Waals surface area contributed by atoms with Crippen molar-refractivity contribution >= 4 is 5.97 Å². The number of esters is 1. The van der Waals surface area contributed by atoms with Crippen molar-refractivity contribution < 1.29 is 19.0 Å². The zero-order valence-electron chi connectivity index (χ0n) is 13.4. The maximum atomic E-state index is 11.6. The first-order valence-electron chi connectivity index (χ1n) is 7.53. The average Bonchev–Trinajstić information content (AvgIpc) is 2.58. The van der Waals surface area contributed by atoms with E-state index in [1.165, 1.54) is 0 Å². The first-order chi connectivity index (χ1) is 11.2. The fourth-order valence-corrected chi connectivity index (χ4v) is 2.22. The Labute approximate surface area is 136 Å². The van der Waals surface area contributed by atoms with Crippen molar-refractivity contribution in [3.8, 4) is 28.4 Å². The highest BCUT2D eigenvalue weighted by atomic mass is 16.6. The molecule has 0 saturated carbocycles. The van der Waals surface area contributed by atoms with E-state index in [1.807, 2.05) is 44.2 Å². The Balaban J connectivity index is 2.63. The van der Waals surface area contributed by atoms with Gasteiger partial charge >= 0.3 is 5.97 Å². The molecular formula is C19H20O4. The van der Waals surface area contributed by atoms with Gasteiger partial charge in [-0.05, 0) is 31.5 Å². The van der Waals surface area contributed by atoms with Crippen molar-refractivity contribution in [2.45, 2.75) is 13.8 Å². The summed E-state index contributed by atoms with van der Waals surface area (Å²) in [5, 5.41) is 0. The number of carbonyl (C=O) groups excluding carboxylic acids is 1. The molecule has 2 rings (SSSR count). The zero-order valence-corrected chi connectivity index (χ0v) is 13.4. The van der Waals surface area contributed by atoms with Crippen LogP contribution in [-0.4, -0.2) is 19.2 Å². The van der Waals surface area contributed by atoms with Crippen molar-refractivity contribution in [2.75, 3.05) is 13.2 Å².